The van der Waals surface area contributed by atoms with Gasteiger partial charge in [-0.1, -0.05) is 6.92 Å². The Morgan fingerprint density at radius 3 is 2.74 bits per heavy atom. The number of hydrogen-bond acceptors (Lipinski definition) is 5. The molecule has 0 unspecified atom stereocenters. The molecule has 1 aliphatic heterocycles. The number of nitrogens with one attached hydrogen (secondary N) is 2. The van der Waals surface area contributed by atoms with Gasteiger partial charge in [0.15, 0.2) is 5.96 Å². The second-order valence-corrected chi connectivity index (χ2v) is 8.20. The van der Waals surface area contributed by atoms with Crippen LogP contribution in [0.15, 0.2) is 11.2 Å². The first-order valence-electron chi connectivity index (χ1n) is 9.85. The van der Waals surface area contributed by atoms with Gasteiger partial charge in [0, 0.05) is 56.8 Å². The van der Waals surface area contributed by atoms with E-state index in [2.05, 4.69) is 46.3 Å². The van der Waals surface area contributed by atoms with E-state index < -0.39 is 0 Å². The monoisotopic (exact) mass is 509 g/mol. The summed E-state index contributed by atoms with van der Waals surface area (Å²) in [7, 11) is 1.84. The lowest BCUT2D eigenvalue weighted by Gasteiger charge is -2.33. The van der Waals surface area contributed by atoms with Crippen LogP contribution in [-0.2, 0) is 17.6 Å². The Morgan fingerprint density at radius 1 is 1.41 bits per heavy atom. The molecule has 2 N–H and O–H groups in total. The number of thiazole rings is 1. The fraction of sp³-hybridized carbons (Fsp3) is 0.789. The predicted octanol–water partition coefficient (Wildman–Crippen LogP) is 2.92. The smallest absolute Gasteiger partial charge is 0.191 e. The van der Waals surface area contributed by atoms with Crippen LogP contribution < -0.4 is 10.6 Å². The zero-order valence-corrected chi connectivity index (χ0v) is 20.3. The maximum Gasteiger partial charge on any atom is 0.191 e. The van der Waals surface area contributed by atoms with E-state index in [1.54, 1.807) is 0 Å². The molecule has 0 atom stereocenters. The number of aliphatic imine (C=N–C) groups is 1. The minimum atomic E-state index is 0. The van der Waals surface area contributed by atoms with E-state index in [0.717, 1.165) is 64.4 Å². The quantitative estimate of drug-likeness (QED) is 0.305. The molecule has 0 spiro atoms. The van der Waals surface area contributed by atoms with E-state index in [4.69, 9.17) is 4.74 Å². The number of nitrogens with zero attached hydrogens (tertiary/aromatic N) is 3. The topological polar surface area (TPSA) is 61.8 Å². The number of hydrogen-bond donors (Lipinski definition) is 2. The molecule has 1 fully saturated rings. The third-order valence-electron chi connectivity index (χ3n) is 4.59. The number of rotatable bonds is 9. The molecule has 0 bridgehead atoms. The molecule has 0 aliphatic carbocycles. The molecule has 1 aromatic heterocycles. The molecule has 0 amide bonds. The first-order chi connectivity index (χ1) is 12.6. The molecule has 156 valence electrons. The van der Waals surface area contributed by atoms with Crippen LogP contribution in [-0.4, -0.2) is 67.8 Å². The summed E-state index contributed by atoms with van der Waals surface area (Å²) in [6, 6.07) is 0.495. The molecule has 0 aromatic carbocycles. The molecular formula is C19H36IN5OS. The van der Waals surface area contributed by atoms with E-state index in [1.165, 1.54) is 9.88 Å². The minimum absolute atomic E-state index is 0. The summed E-state index contributed by atoms with van der Waals surface area (Å²) >= 11 is 1.81. The van der Waals surface area contributed by atoms with Gasteiger partial charge in [0.25, 0.3) is 0 Å². The molecular weight excluding hydrogens is 473 g/mol. The average Bonchev–Trinajstić information content (AvgIpc) is 3.10. The van der Waals surface area contributed by atoms with Crippen LogP contribution in [0, 0.1) is 0 Å². The Balaban J connectivity index is 0.00000364. The molecule has 1 saturated heterocycles. The highest BCUT2D eigenvalue weighted by Gasteiger charge is 2.19. The molecule has 1 aliphatic rings. The number of halogens is 1. The van der Waals surface area contributed by atoms with E-state index in [0.29, 0.717) is 12.1 Å². The van der Waals surface area contributed by atoms with Gasteiger partial charge in [-0.25, -0.2) is 4.98 Å². The van der Waals surface area contributed by atoms with E-state index in [-0.39, 0.29) is 24.0 Å². The zero-order valence-electron chi connectivity index (χ0n) is 17.2. The standard InChI is InChI=1S/C19H35N5OS.HI/c1-5-17-14-22-18(26-17)6-9-21-19(20-4)23-16-7-10-24(11-8-16)12-13-25-15(2)3;/h14-16H,5-13H2,1-4H3,(H2,20,21,23);1H. The van der Waals surface area contributed by atoms with Crippen molar-refractivity contribution in [2.45, 2.75) is 58.6 Å². The maximum atomic E-state index is 5.65. The summed E-state index contributed by atoms with van der Waals surface area (Å²) in [6.45, 7) is 11.3. The van der Waals surface area contributed by atoms with Gasteiger partial charge in [0.05, 0.1) is 17.7 Å². The number of aromatic nitrogens is 1. The number of guanidine groups is 1. The predicted molar refractivity (Wildman–Crippen MR) is 126 cm³/mol. The van der Waals surface area contributed by atoms with E-state index in [9.17, 15) is 0 Å². The van der Waals surface area contributed by atoms with Crippen LogP contribution in [0.25, 0.3) is 0 Å². The second-order valence-electron chi connectivity index (χ2n) is 7.00. The summed E-state index contributed by atoms with van der Waals surface area (Å²) < 4.78 is 5.65. The minimum Gasteiger partial charge on any atom is -0.377 e. The molecule has 0 radical (unpaired) electrons. The van der Waals surface area contributed by atoms with Crippen molar-refractivity contribution in [3.05, 3.63) is 16.1 Å². The zero-order chi connectivity index (χ0) is 18.8. The molecule has 27 heavy (non-hydrogen) atoms. The lowest BCUT2D eigenvalue weighted by atomic mass is 10.1. The lowest BCUT2D eigenvalue weighted by Crippen LogP contribution is -2.49. The van der Waals surface area contributed by atoms with Gasteiger partial charge in [-0.05, 0) is 33.1 Å². The van der Waals surface area contributed by atoms with Gasteiger partial charge in [0.1, 0.15) is 0 Å². The van der Waals surface area contributed by atoms with Gasteiger partial charge in [-0.15, -0.1) is 35.3 Å². The molecule has 2 rings (SSSR count). The fourth-order valence-corrected chi connectivity index (χ4v) is 3.88. The number of piperidine rings is 1. The van der Waals surface area contributed by atoms with Crippen LogP contribution >= 0.6 is 35.3 Å². The van der Waals surface area contributed by atoms with Crippen LogP contribution in [0.1, 0.15) is 43.5 Å². The maximum absolute atomic E-state index is 5.65. The first kappa shape index (κ1) is 24.6. The Hall–Kier alpha value is -0.450. The van der Waals surface area contributed by atoms with Gasteiger partial charge in [-0.3, -0.25) is 4.99 Å². The van der Waals surface area contributed by atoms with E-state index >= 15 is 0 Å². The Labute approximate surface area is 185 Å². The van der Waals surface area contributed by atoms with Crippen LogP contribution in [0.3, 0.4) is 0 Å². The molecule has 8 heteroatoms. The summed E-state index contributed by atoms with van der Waals surface area (Å²) in [5.74, 6) is 0.902. The average molecular weight is 510 g/mol. The van der Waals surface area contributed by atoms with Gasteiger partial charge >= 0.3 is 0 Å². The summed E-state index contributed by atoms with van der Waals surface area (Å²) in [6.07, 6.45) is 6.62. The molecule has 2 heterocycles. The van der Waals surface area contributed by atoms with Crippen molar-refractivity contribution in [3.63, 3.8) is 0 Å². The third kappa shape index (κ3) is 9.54. The summed E-state index contributed by atoms with van der Waals surface area (Å²) in [5, 5.41) is 8.19. The lowest BCUT2D eigenvalue weighted by molar-refractivity contribution is 0.0532. The molecule has 0 saturated carbocycles. The number of aryl methyl sites for hydroxylation is 1. The molecule has 1 aromatic rings. The Bertz CT molecular complexity index is 544. The van der Waals surface area contributed by atoms with Crippen LogP contribution in [0.5, 0.6) is 0 Å². The van der Waals surface area contributed by atoms with Crippen molar-refractivity contribution >= 4 is 41.3 Å². The normalized spacial score (nSPS) is 16.4. The highest BCUT2D eigenvalue weighted by atomic mass is 127. The summed E-state index contributed by atoms with van der Waals surface area (Å²) in [5.41, 5.74) is 0. The third-order valence-corrected chi connectivity index (χ3v) is 5.79. The van der Waals surface area contributed by atoms with Crippen molar-refractivity contribution in [3.8, 4) is 0 Å². The second kappa shape index (κ2) is 13.7. The highest BCUT2D eigenvalue weighted by molar-refractivity contribution is 14.0. The van der Waals surface area contributed by atoms with Crippen molar-refractivity contribution in [1.29, 1.82) is 0 Å². The molecule has 6 nitrogen and oxygen atoms in total. The number of likely N-dealkylation sites (tertiary alicyclic amines) is 1. The number of ether oxygens (including phenoxy) is 1. The highest BCUT2D eigenvalue weighted by Crippen LogP contribution is 2.13. The first-order valence-corrected chi connectivity index (χ1v) is 10.7. The van der Waals surface area contributed by atoms with Gasteiger partial charge < -0.3 is 20.3 Å². The van der Waals surface area contributed by atoms with Crippen molar-refractivity contribution < 1.29 is 4.74 Å². The Morgan fingerprint density at radius 2 is 2.15 bits per heavy atom. The van der Waals surface area contributed by atoms with Gasteiger partial charge in [0.2, 0.25) is 0 Å². The summed E-state index contributed by atoms with van der Waals surface area (Å²) in [4.78, 5) is 12.7. The Kier molecular flexibility index (Phi) is 12.5. The fourth-order valence-electron chi connectivity index (χ4n) is 3.02. The largest absolute Gasteiger partial charge is 0.377 e. The van der Waals surface area contributed by atoms with Gasteiger partial charge in [-0.2, -0.15) is 0 Å². The van der Waals surface area contributed by atoms with Crippen molar-refractivity contribution in [2.24, 2.45) is 4.99 Å². The van der Waals surface area contributed by atoms with Crippen LogP contribution in [0.2, 0.25) is 0 Å². The van der Waals surface area contributed by atoms with Crippen LogP contribution in [0.4, 0.5) is 0 Å². The van der Waals surface area contributed by atoms with E-state index in [1.807, 2.05) is 24.6 Å². The SMILES string of the molecule is CCc1cnc(CCNC(=NC)NC2CCN(CCOC(C)C)CC2)s1.I. The van der Waals surface area contributed by atoms with Crippen molar-refractivity contribution in [2.75, 3.05) is 39.8 Å². The van der Waals surface area contributed by atoms with Crippen molar-refractivity contribution in [1.82, 2.24) is 20.5 Å².